The van der Waals surface area contributed by atoms with Crippen LogP contribution in [-0.4, -0.2) is 10.8 Å². The molecule has 0 atom stereocenters. The summed E-state index contributed by atoms with van der Waals surface area (Å²) in [6.45, 7) is 1.53. The molecule has 0 fully saturated rings. The Bertz CT molecular complexity index is 264. The first-order valence-electron chi connectivity index (χ1n) is 3.38. The minimum absolute atomic E-state index is 0.0572. The molecule has 0 aliphatic heterocycles. The molecule has 0 amide bonds. The summed E-state index contributed by atoms with van der Waals surface area (Å²) < 4.78 is 0. The van der Waals surface area contributed by atoms with Gasteiger partial charge in [0.2, 0.25) is 0 Å². The SMILES string of the molecule is CC(=O)/C=C/c1ccncc1. The molecule has 1 aromatic rings. The van der Waals surface area contributed by atoms with Gasteiger partial charge in [0.1, 0.15) is 0 Å². The summed E-state index contributed by atoms with van der Waals surface area (Å²) in [5.41, 5.74) is 0.996. The first-order chi connectivity index (χ1) is 5.29. The molecule has 1 aromatic heterocycles. The lowest BCUT2D eigenvalue weighted by Crippen LogP contribution is -1.79. The van der Waals surface area contributed by atoms with Gasteiger partial charge in [0.05, 0.1) is 0 Å². The van der Waals surface area contributed by atoms with Crippen molar-refractivity contribution in [3.05, 3.63) is 36.2 Å². The summed E-state index contributed by atoms with van der Waals surface area (Å²) in [5, 5.41) is 0. The fourth-order valence-electron chi connectivity index (χ4n) is 0.688. The van der Waals surface area contributed by atoms with Crippen LogP contribution in [0.25, 0.3) is 6.08 Å². The largest absolute Gasteiger partial charge is 0.295 e. The predicted octanol–water partition coefficient (Wildman–Crippen LogP) is 1.68. The second-order valence-corrected chi connectivity index (χ2v) is 2.22. The average Bonchev–Trinajstić information content (AvgIpc) is 2.03. The predicted molar refractivity (Wildman–Crippen MR) is 44.0 cm³/mol. The van der Waals surface area contributed by atoms with Crippen LogP contribution in [0.4, 0.5) is 0 Å². The molecule has 0 aliphatic rings. The van der Waals surface area contributed by atoms with E-state index < -0.39 is 0 Å². The Balaban J connectivity index is 2.72. The standard InChI is InChI=1S/C9H9NO/c1-8(11)2-3-9-4-6-10-7-5-9/h2-7H,1H3/b3-2+. The molecule has 2 nitrogen and oxygen atoms in total. The molecular weight excluding hydrogens is 138 g/mol. The van der Waals surface area contributed by atoms with Crippen molar-refractivity contribution >= 4 is 11.9 Å². The molecule has 0 radical (unpaired) electrons. The highest BCUT2D eigenvalue weighted by Gasteiger charge is 1.84. The van der Waals surface area contributed by atoms with Gasteiger partial charge in [-0.05, 0) is 30.7 Å². The van der Waals surface area contributed by atoms with Gasteiger partial charge in [0.25, 0.3) is 0 Å². The van der Waals surface area contributed by atoms with Crippen LogP contribution in [0.2, 0.25) is 0 Å². The fraction of sp³-hybridized carbons (Fsp3) is 0.111. The second-order valence-electron chi connectivity index (χ2n) is 2.22. The summed E-state index contributed by atoms with van der Waals surface area (Å²) in [7, 11) is 0. The third kappa shape index (κ3) is 2.76. The van der Waals surface area contributed by atoms with Crippen molar-refractivity contribution in [3.63, 3.8) is 0 Å². The Morgan fingerprint density at radius 1 is 1.45 bits per heavy atom. The van der Waals surface area contributed by atoms with Gasteiger partial charge in [-0.3, -0.25) is 9.78 Å². The highest BCUT2D eigenvalue weighted by Crippen LogP contribution is 1.98. The van der Waals surface area contributed by atoms with Crippen LogP contribution in [0, 0.1) is 0 Å². The average molecular weight is 147 g/mol. The van der Waals surface area contributed by atoms with E-state index in [1.165, 1.54) is 13.0 Å². The van der Waals surface area contributed by atoms with Crippen LogP contribution in [0.15, 0.2) is 30.6 Å². The van der Waals surface area contributed by atoms with E-state index in [1.807, 2.05) is 12.1 Å². The number of pyridine rings is 1. The van der Waals surface area contributed by atoms with Gasteiger partial charge in [-0.25, -0.2) is 0 Å². The number of rotatable bonds is 2. The lowest BCUT2D eigenvalue weighted by molar-refractivity contribution is -0.112. The Hall–Kier alpha value is -1.44. The minimum Gasteiger partial charge on any atom is -0.295 e. The number of ketones is 1. The molecule has 56 valence electrons. The number of aromatic nitrogens is 1. The second kappa shape index (κ2) is 3.66. The maximum atomic E-state index is 10.5. The normalized spacial score (nSPS) is 10.3. The summed E-state index contributed by atoms with van der Waals surface area (Å²) in [6, 6.07) is 3.69. The van der Waals surface area contributed by atoms with E-state index in [2.05, 4.69) is 4.98 Å². The first-order valence-corrected chi connectivity index (χ1v) is 3.38. The maximum Gasteiger partial charge on any atom is 0.152 e. The van der Waals surface area contributed by atoms with Gasteiger partial charge in [0.15, 0.2) is 5.78 Å². The van der Waals surface area contributed by atoms with Gasteiger partial charge in [-0.2, -0.15) is 0 Å². The Kier molecular flexibility index (Phi) is 2.55. The summed E-state index contributed by atoms with van der Waals surface area (Å²) >= 11 is 0. The van der Waals surface area contributed by atoms with Gasteiger partial charge in [-0.1, -0.05) is 6.08 Å². The zero-order valence-electron chi connectivity index (χ0n) is 6.32. The van der Waals surface area contributed by atoms with Crippen LogP contribution >= 0.6 is 0 Å². The molecule has 0 bridgehead atoms. The van der Waals surface area contributed by atoms with Gasteiger partial charge >= 0.3 is 0 Å². The zero-order valence-corrected chi connectivity index (χ0v) is 6.32. The van der Waals surface area contributed by atoms with Gasteiger partial charge < -0.3 is 0 Å². The molecule has 1 rings (SSSR count). The fourth-order valence-corrected chi connectivity index (χ4v) is 0.688. The van der Waals surface area contributed by atoms with E-state index in [4.69, 9.17) is 0 Å². The molecular formula is C9H9NO. The number of allylic oxidation sites excluding steroid dienone is 1. The third-order valence-corrected chi connectivity index (χ3v) is 1.22. The lowest BCUT2D eigenvalue weighted by Gasteiger charge is -1.87. The van der Waals surface area contributed by atoms with Crippen molar-refractivity contribution < 1.29 is 4.79 Å². The molecule has 0 saturated carbocycles. The highest BCUT2D eigenvalue weighted by atomic mass is 16.1. The van der Waals surface area contributed by atoms with Gasteiger partial charge in [-0.15, -0.1) is 0 Å². The third-order valence-electron chi connectivity index (χ3n) is 1.22. The molecule has 0 saturated heterocycles. The van der Waals surface area contributed by atoms with Crippen LogP contribution in [-0.2, 0) is 4.79 Å². The van der Waals surface area contributed by atoms with Crippen molar-refractivity contribution in [1.29, 1.82) is 0 Å². The van der Waals surface area contributed by atoms with Crippen LogP contribution in [0.5, 0.6) is 0 Å². The number of hydrogen-bond acceptors (Lipinski definition) is 2. The number of nitrogens with zero attached hydrogens (tertiary/aromatic N) is 1. The molecule has 0 aliphatic carbocycles. The van der Waals surface area contributed by atoms with E-state index in [1.54, 1.807) is 18.5 Å². The number of hydrogen-bond donors (Lipinski definition) is 0. The van der Waals surface area contributed by atoms with E-state index in [0.717, 1.165) is 5.56 Å². The molecule has 1 heterocycles. The molecule has 0 unspecified atom stereocenters. The van der Waals surface area contributed by atoms with E-state index in [0.29, 0.717) is 0 Å². The summed E-state index contributed by atoms with van der Waals surface area (Å²) in [6.07, 6.45) is 6.69. The molecule has 2 heteroatoms. The quantitative estimate of drug-likeness (QED) is 0.596. The Morgan fingerprint density at radius 2 is 2.09 bits per heavy atom. The topological polar surface area (TPSA) is 30.0 Å². The molecule has 11 heavy (non-hydrogen) atoms. The van der Waals surface area contributed by atoms with Crippen molar-refractivity contribution in [3.8, 4) is 0 Å². The van der Waals surface area contributed by atoms with Gasteiger partial charge in [0, 0.05) is 12.4 Å². The van der Waals surface area contributed by atoms with E-state index in [-0.39, 0.29) is 5.78 Å². The van der Waals surface area contributed by atoms with E-state index >= 15 is 0 Å². The lowest BCUT2D eigenvalue weighted by atomic mass is 10.2. The van der Waals surface area contributed by atoms with Crippen LogP contribution in [0.3, 0.4) is 0 Å². The van der Waals surface area contributed by atoms with Crippen LogP contribution in [0.1, 0.15) is 12.5 Å². The first kappa shape index (κ1) is 7.66. The Morgan fingerprint density at radius 3 is 2.64 bits per heavy atom. The smallest absolute Gasteiger partial charge is 0.152 e. The van der Waals surface area contributed by atoms with Crippen molar-refractivity contribution in [2.45, 2.75) is 6.92 Å². The zero-order chi connectivity index (χ0) is 8.10. The molecule has 0 aromatic carbocycles. The van der Waals surface area contributed by atoms with Crippen LogP contribution < -0.4 is 0 Å². The molecule has 0 spiro atoms. The summed E-state index contributed by atoms with van der Waals surface area (Å²) in [5.74, 6) is 0.0572. The summed E-state index contributed by atoms with van der Waals surface area (Å²) in [4.78, 5) is 14.4. The van der Waals surface area contributed by atoms with E-state index in [9.17, 15) is 4.79 Å². The van der Waals surface area contributed by atoms with Crippen molar-refractivity contribution in [1.82, 2.24) is 4.98 Å². The monoisotopic (exact) mass is 147 g/mol. The minimum atomic E-state index is 0.0572. The maximum absolute atomic E-state index is 10.5. The number of carbonyl (C=O) groups excluding carboxylic acids is 1. The molecule has 0 N–H and O–H groups in total. The Labute approximate surface area is 65.6 Å². The number of carbonyl (C=O) groups is 1. The van der Waals surface area contributed by atoms with Crippen molar-refractivity contribution in [2.24, 2.45) is 0 Å². The highest BCUT2D eigenvalue weighted by molar-refractivity contribution is 5.91. The van der Waals surface area contributed by atoms with Crippen molar-refractivity contribution in [2.75, 3.05) is 0 Å².